The van der Waals surface area contributed by atoms with E-state index < -0.39 is 0 Å². The summed E-state index contributed by atoms with van der Waals surface area (Å²) in [6, 6.07) is 10.3. The molecule has 1 heterocycles. The Balaban J connectivity index is 1.65. The van der Waals surface area contributed by atoms with Crippen LogP contribution in [0.1, 0.15) is 18.4 Å². The number of hydroxylamine groups is 1. The predicted octanol–water partition coefficient (Wildman–Crippen LogP) is 2.46. The van der Waals surface area contributed by atoms with Gasteiger partial charge in [0, 0.05) is 12.4 Å². The first-order valence-corrected chi connectivity index (χ1v) is 5.57. The van der Waals surface area contributed by atoms with Gasteiger partial charge in [-0.15, -0.1) is 0 Å². The molecule has 1 aliphatic heterocycles. The summed E-state index contributed by atoms with van der Waals surface area (Å²) in [4.78, 5) is 9.45. The Morgan fingerprint density at radius 2 is 2.12 bits per heavy atom. The normalized spacial score (nSPS) is 14.6. The molecular weight excluding hydrogens is 200 g/mol. The van der Waals surface area contributed by atoms with E-state index in [4.69, 9.17) is 4.84 Å². The van der Waals surface area contributed by atoms with Gasteiger partial charge in [0.1, 0.15) is 0 Å². The molecule has 0 unspecified atom stereocenters. The fourth-order valence-electron chi connectivity index (χ4n) is 1.54. The largest absolute Gasteiger partial charge is 0.276 e. The predicted molar refractivity (Wildman–Crippen MR) is 65.0 cm³/mol. The molecule has 0 bridgehead atoms. The number of aliphatic imine (C=N–C) groups is 1. The molecule has 0 amide bonds. The monoisotopic (exact) mass is 216 g/mol. The van der Waals surface area contributed by atoms with E-state index in [-0.39, 0.29) is 0 Å². The van der Waals surface area contributed by atoms with Crippen LogP contribution in [0.3, 0.4) is 0 Å². The maximum absolute atomic E-state index is 5.38. The van der Waals surface area contributed by atoms with Crippen LogP contribution in [-0.2, 0) is 11.3 Å². The molecule has 1 aliphatic rings. The van der Waals surface area contributed by atoms with E-state index in [0.29, 0.717) is 6.61 Å². The van der Waals surface area contributed by atoms with E-state index in [9.17, 15) is 0 Å². The summed E-state index contributed by atoms with van der Waals surface area (Å²) in [5, 5.41) is 0. The number of hydrogen-bond donors (Lipinski definition) is 1. The van der Waals surface area contributed by atoms with Gasteiger partial charge >= 0.3 is 0 Å². The standard InChI is InChI=1S/C13H16N2O/c1-2-5-12(6-3-1)8-10-16-15-13-7-4-9-14-11-13/h1-3,5-6,9,11,15H,4,7-8,10H2. The highest BCUT2D eigenvalue weighted by atomic mass is 16.6. The Morgan fingerprint density at radius 3 is 2.88 bits per heavy atom. The molecule has 0 radical (unpaired) electrons. The van der Waals surface area contributed by atoms with Crippen molar-refractivity contribution in [3.05, 3.63) is 47.8 Å². The molecule has 2 rings (SSSR count). The van der Waals surface area contributed by atoms with E-state index in [1.807, 2.05) is 30.6 Å². The van der Waals surface area contributed by atoms with Crippen LogP contribution in [0, 0.1) is 0 Å². The lowest BCUT2D eigenvalue weighted by molar-refractivity contribution is 0.0626. The minimum atomic E-state index is 0.672. The zero-order valence-corrected chi connectivity index (χ0v) is 9.23. The molecule has 3 heteroatoms. The smallest absolute Gasteiger partial charge is 0.0786 e. The third-order valence-corrected chi connectivity index (χ3v) is 2.42. The second-order valence-electron chi connectivity index (χ2n) is 3.71. The summed E-state index contributed by atoms with van der Waals surface area (Å²) in [5.74, 6) is 0. The Kier molecular flexibility index (Phi) is 4.14. The molecule has 84 valence electrons. The Morgan fingerprint density at radius 1 is 1.25 bits per heavy atom. The van der Waals surface area contributed by atoms with Gasteiger partial charge in [-0.1, -0.05) is 30.3 Å². The summed E-state index contributed by atoms with van der Waals surface area (Å²) < 4.78 is 0. The summed E-state index contributed by atoms with van der Waals surface area (Å²) in [6.07, 6.45) is 6.61. The quantitative estimate of drug-likeness (QED) is 0.606. The number of benzene rings is 1. The molecule has 0 fully saturated rings. The van der Waals surface area contributed by atoms with Gasteiger partial charge in [-0.05, 0) is 24.8 Å². The van der Waals surface area contributed by atoms with Gasteiger partial charge in [-0.25, -0.2) is 0 Å². The number of hydrogen-bond acceptors (Lipinski definition) is 3. The highest BCUT2D eigenvalue weighted by Crippen LogP contribution is 2.05. The van der Waals surface area contributed by atoms with Gasteiger partial charge in [0.25, 0.3) is 0 Å². The van der Waals surface area contributed by atoms with Gasteiger partial charge in [0.15, 0.2) is 0 Å². The molecule has 1 aromatic carbocycles. The van der Waals surface area contributed by atoms with E-state index in [1.54, 1.807) is 0 Å². The minimum Gasteiger partial charge on any atom is -0.276 e. The van der Waals surface area contributed by atoms with Crippen molar-refractivity contribution in [2.24, 2.45) is 4.99 Å². The van der Waals surface area contributed by atoms with Gasteiger partial charge < -0.3 is 0 Å². The van der Waals surface area contributed by atoms with Crippen LogP contribution in [0.15, 0.2) is 47.2 Å². The van der Waals surface area contributed by atoms with Gasteiger partial charge in [0.05, 0.1) is 12.3 Å². The van der Waals surface area contributed by atoms with E-state index in [0.717, 1.165) is 25.0 Å². The van der Waals surface area contributed by atoms with E-state index in [1.165, 1.54) is 5.56 Å². The van der Waals surface area contributed by atoms with Crippen LogP contribution in [0.2, 0.25) is 0 Å². The van der Waals surface area contributed by atoms with Crippen LogP contribution < -0.4 is 5.48 Å². The molecule has 0 saturated carbocycles. The number of nitrogens with one attached hydrogen (secondary N) is 1. The average Bonchev–Trinajstić information content (AvgIpc) is 2.37. The van der Waals surface area contributed by atoms with Crippen molar-refractivity contribution >= 4 is 6.21 Å². The fourth-order valence-corrected chi connectivity index (χ4v) is 1.54. The summed E-state index contributed by atoms with van der Waals surface area (Å²) in [6.45, 7) is 0.672. The number of nitrogens with zero attached hydrogens (tertiary/aromatic N) is 1. The Labute approximate surface area is 95.8 Å². The lowest BCUT2D eigenvalue weighted by Gasteiger charge is -2.11. The first-order valence-electron chi connectivity index (χ1n) is 5.57. The second-order valence-corrected chi connectivity index (χ2v) is 3.71. The highest BCUT2D eigenvalue weighted by molar-refractivity contribution is 5.59. The van der Waals surface area contributed by atoms with Crippen molar-refractivity contribution in [1.29, 1.82) is 0 Å². The molecule has 1 N–H and O–H groups in total. The zero-order chi connectivity index (χ0) is 11.1. The first kappa shape index (κ1) is 10.9. The van der Waals surface area contributed by atoms with Crippen molar-refractivity contribution < 1.29 is 4.84 Å². The van der Waals surface area contributed by atoms with Gasteiger partial charge in [-0.3, -0.25) is 15.3 Å². The molecule has 0 aromatic heterocycles. The fraction of sp³-hybridized carbons (Fsp3) is 0.308. The molecule has 0 aliphatic carbocycles. The molecule has 16 heavy (non-hydrogen) atoms. The first-order chi connectivity index (χ1) is 7.95. The topological polar surface area (TPSA) is 33.6 Å². The third kappa shape index (κ3) is 3.51. The minimum absolute atomic E-state index is 0.672. The maximum Gasteiger partial charge on any atom is 0.0786 e. The van der Waals surface area contributed by atoms with Crippen molar-refractivity contribution in [3.63, 3.8) is 0 Å². The third-order valence-electron chi connectivity index (χ3n) is 2.42. The SMILES string of the molecule is C1=NC=C(NOCCc2ccccc2)CC1. The van der Waals surface area contributed by atoms with E-state index >= 15 is 0 Å². The Bertz CT molecular complexity index is 371. The van der Waals surface area contributed by atoms with Crippen molar-refractivity contribution in [3.8, 4) is 0 Å². The maximum atomic E-state index is 5.38. The molecular formula is C13H16N2O. The van der Waals surface area contributed by atoms with Crippen LogP contribution in [0.5, 0.6) is 0 Å². The molecule has 0 spiro atoms. The summed E-state index contributed by atoms with van der Waals surface area (Å²) >= 11 is 0. The summed E-state index contributed by atoms with van der Waals surface area (Å²) in [5.41, 5.74) is 5.28. The van der Waals surface area contributed by atoms with Crippen molar-refractivity contribution in [2.75, 3.05) is 6.61 Å². The molecule has 0 saturated heterocycles. The lowest BCUT2D eigenvalue weighted by Crippen LogP contribution is -2.17. The van der Waals surface area contributed by atoms with Crippen LogP contribution in [0.4, 0.5) is 0 Å². The van der Waals surface area contributed by atoms with Crippen molar-refractivity contribution in [2.45, 2.75) is 19.3 Å². The Hall–Kier alpha value is -1.61. The lowest BCUT2D eigenvalue weighted by atomic mass is 10.2. The van der Waals surface area contributed by atoms with Crippen LogP contribution in [-0.4, -0.2) is 12.8 Å². The molecule has 0 atom stereocenters. The van der Waals surface area contributed by atoms with Gasteiger partial charge in [-0.2, -0.15) is 0 Å². The summed E-state index contributed by atoms with van der Waals surface area (Å²) in [7, 11) is 0. The number of rotatable bonds is 5. The van der Waals surface area contributed by atoms with Crippen LogP contribution >= 0.6 is 0 Å². The van der Waals surface area contributed by atoms with Crippen LogP contribution in [0.25, 0.3) is 0 Å². The average molecular weight is 216 g/mol. The van der Waals surface area contributed by atoms with E-state index in [2.05, 4.69) is 22.6 Å². The van der Waals surface area contributed by atoms with Crippen molar-refractivity contribution in [1.82, 2.24) is 5.48 Å². The zero-order valence-electron chi connectivity index (χ0n) is 9.23. The highest BCUT2D eigenvalue weighted by Gasteiger charge is 1.99. The molecule has 3 nitrogen and oxygen atoms in total. The second kappa shape index (κ2) is 6.08. The molecule has 1 aromatic rings. The van der Waals surface area contributed by atoms with Gasteiger partial charge in [0.2, 0.25) is 0 Å². The number of allylic oxidation sites excluding steroid dienone is 1.